The minimum absolute atomic E-state index is 0.0486. The summed E-state index contributed by atoms with van der Waals surface area (Å²) in [5.74, 6) is -2.04. The summed E-state index contributed by atoms with van der Waals surface area (Å²) in [6, 6.07) is 17.0. The monoisotopic (exact) mass is 475 g/mol. The molecule has 0 aliphatic carbocycles. The highest BCUT2D eigenvalue weighted by molar-refractivity contribution is 7.58. The van der Waals surface area contributed by atoms with E-state index in [1.165, 1.54) is 12.5 Å². The molecule has 180 valence electrons. The van der Waals surface area contributed by atoms with Gasteiger partial charge in [-0.05, 0) is 42.9 Å². The molecule has 0 bridgehead atoms. The first-order valence-electron chi connectivity index (χ1n) is 11.2. The second-order valence-electron chi connectivity index (χ2n) is 8.37. The number of hydrogen-bond acceptors (Lipinski definition) is 5. The van der Waals surface area contributed by atoms with Crippen LogP contribution in [-0.4, -0.2) is 35.5 Å². The smallest absolute Gasteiger partial charge is 0.408 e. The summed E-state index contributed by atoms with van der Waals surface area (Å²) in [5.41, 5.74) is 2.85. The van der Waals surface area contributed by atoms with E-state index in [-0.39, 0.29) is 25.8 Å². The summed E-state index contributed by atoms with van der Waals surface area (Å²) in [6.07, 6.45) is -0.831. The highest BCUT2D eigenvalue weighted by atomic mass is 31.2. The van der Waals surface area contributed by atoms with Gasteiger partial charge >= 0.3 is 12.1 Å². The average Bonchev–Trinajstić information content (AvgIpc) is 2.78. The number of hydrogen-bond donors (Lipinski definition) is 2. The van der Waals surface area contributed by atoms with Crippen LogP contribution in [0.4, 0.5) is 4.79 Å². The molecule has 0 heterocycles. The van der Waals surface area contributed by atoms with Crippen LogP contribution in [-0.2, 0) is 31.9 Å². The fraction of sp³-hybridized carbons (Fsp3) is 0.440. The number of benzene rings is 2. The lowest BCUT2D eigenvalue weighted by Gasteiger charge is -2.24. The Balaban J connectivity index is 2.02. The molecule has 8 heteroatoms. The minimum Gasteiger partial charge on any atom is -0.466 e. The number of ether oxygens (including phenoxy) is 2. The Labute approximate surface area is 196 Å². The van der Waals surface area contributed by atoms with Crippen molar-refractivity contribution in [3.05, 3.63) is 71.3 Å². The lowest BCUT2D eigenvalue weighted by molar-refractivity contribution is -0.147. The zero-order valence-corrected chi connectivity index (χ0v) is 20.6. The van der Waals surface area contributed by atoms with E-state index in [1.807, 2.05) is 54.6 Å². The summed E-state index contributed by atoms with van der Waals surface area (Å²) in [4.78, 5) is 35.3. The number of esters is 1. The van der Waals surface area contributed by atoms with Crippen molar-refractivity contribution in [2.24, 2.45) is 5.92 Å². The number of nitrogens with one attached hydrogen (secondary N) is 1. The van der Waals surface area contributed by atoms with Gasteiger partial charge in [0, 0.05) is 6.16 Å². The van der Waals surface area contributed by atoms with E-state index in [4.69, 9.17) is 9.47 Å². The topological polar surface area (TPSA) is 102 Å². The van der Waals surface area contributed by atoms with Crippen LogP contribution in [0.5, 0.6) is 0 Å². The molecule has 0 aromatic heterocycles. The Hall–Kier alpha value is -2.63. The van der Waals surface area contributed by atoms with Crippen LogP contribution >= 0.6 is 7.37 Å². The third-order valence-electron chi connectivity index (χ3n) is 5.38. The van der Waals surface area contributed by atoms with E-state index in [0.717, 1.165) is 11.1 Å². The summed E-state index contributed by atoms with van der Waals surface area (Å²) >= 11 is 0. The van der Waals surface area contributed by atoms with Crippen molar-refractivity contribution in [1.29, 1.82) is 0 Å². The van der Waals surface area contributed by atoms with E-state index in [1.54, 1.807) is 6.92 Å². The number of amides is 1. The van der Waals surface area contributed by atoms with Gasteiger partial charge in [0.25, 0.3) is 0 Å². The Bertz CT molecular complexity index is 945. The SMILES string of the molecule is CCOC(=O)C(Cc1ccc(C(C)C)cc1)CP(=O)(O)[C@H](C)NC(=O)OCc1ccccc1. The first-order valence-corrected chi connectivity index (χ1v) is 13.1. The standard InChI is InChI=1S/C25H34NO6P/c1-5-31-24(27)23(15-20-11-13-22(14-12-20)18(2)3)17-33(29,30)19(4)26-25(28)32-16-21-9-7-6-8-10-21/h6-14,18-19,23H,5,15-17H2,1-4H3,(H,26,28)(H,29,30)/t19-,23?/m1/s1. The van der Waals surface area contributed by atoms with Gasteiger partial charge in [-0.25, -0.2) is 4.79 Å². The van der Waals surface area contributed by atoms with Crippen molar-refractivity contribution in [2.75, 3.05) is 12.8 Å². The van der Waals surface area contributed by atoms with Gasteiger partial charge in [0.05, 0.1) is 12.5 Å². The summed E-state index contributed by atoms with van der Waals surface area (Å²) in [7, 11) is -3.94. The maximum Gasteiger partial charge on any atom is 0.408 e. The van der Waals surface area contributed by atoms with E-state index < -0.39 is 31.1 Å². The fourth-order valence-corrected chi connectivity index (χ4v) is 4.85. The van der Waals surface area contributed by atoms with Crippen molar-refractivity contribution in [3.8, 4) is 0 Å². The summed E-state index contributed by atoms with van der Waals surface area (Å²) in [5, 5.41) is 2.42. The molecular weight excluding hydrogens is 441 g/mol. The molecular formula is C25H34NO6P. The van der Waals surface area contributed by atoms with Gasteiger partial charge in [-0.1, -0.05) is 68.4 Å². The second kappa shape index (κ2) is 12.6. The maximum atomic E-state index is 13.1. The third kappa shape index (κ3) is 8.67. The van der Waals surface area contributed by atoms with E-state index >= 15 is 0 Å². The maximum absolute atomic E-state index is 13.1. The molecule has 2 unspecified atom stereocenters. The summed E-state index contributed by atoms with van der Waals surface area (Å²) < 4.78 is 23.3. The normalized spacial score (nSPS) is 14.7. The first-order chi connectivity index (χ1) is 15.6. The molecule has 0 aliphatic heterocycles. The number of carbonyl (C=O) groups is 2. The molecule has 0 fully saturated rings. The highest BCUT2D eigenvalue weighted by Gasteiger charge is 2.35. The van der Waals surface area contributed by atoms with Crippen LogP contribution in [0.25, 0.3) is 0 Å². The number of alkyl carbamates (subject to hydrolysis) is 1. The average molecular weight is 476 g/mol. The van der Waals surface area contributed by atoms with Gasteiger partial charge in [-0.15, -0.1) is 0 Å². The van der Waals surface area contributed by atoms with Crippen molar-refractivity contribution in [3.63, 3.8) is 0 Å². The summed E-state index contributed by atoms with van der Waals surface area (Å²) in [6.45, 7) is 7.54. The Kier molecular flexibility index (Phi) is 10.1. The van der Waals surface area contributed by atoms with Crippen molar-refractivity contribution < 1.29 is 28.5 Å². The predicted octanol–water partition coefficient (Wildman–Crippen LogP) is 5.07. The Morgan fingerprint density at radius 1 is 0.970 bits per heavy atom. The molecule has 2 aromatic carbocycles. The molecule has 3 atom stereocenters. The van der Waals surface area contributed by atoms with Gasteiger partial charge < -0.3 is 19.7 Å². The van der Waals surface area contributed by atoms with Gasteiger partial charge in [0.1, 0.15) is 12.4 Å². The van der Waals surface area contributed by atoms with Crippen LogP contribution in [0.2, 0.25) is 0 Å². The minimum atomic E-state index is -3.94. The number of rotatable bonds is 11. The molecule has 33 heavy (non-hydrogen) atoms. The lowest BCUT2D eigenvalue weighted by Crippen LogP contribution is -2.35. The first kappa shape index (κ1) is 26.6. The Morgan fingerprint density at radius 3 is 2.18 bits per heavy atom. The second-order valence-corrected chi connectivity index (χ2v) is 11.0. The molecule has 0 aliphatic rings. The van der Waals surface area contributed by atoms with E-state index in [0.29, 0.717) is 5.92 Å². The molecule has 2 aromatic rings. The van der Waals surface area contributed by atoms with Gasteiger partial charge in [0.2, 0.25) is 7.37 Å². The molecule has 0 radical (unpaired) electrons. The molecule has 0 saturated heterocycles. The zero-order chi connectivity index (χ0) is 24.4. The molecule has 1 amide bonds. The predicted molar refractivity (Wildman–Crippen MR) is 128 cm³/mol. The van der Waals surface area contributed by atoms with Crippen molar-refractivity contribution in [2.45, 2.75) is 52.4 Å². The zero-order valence-electron chi connectivity index (χ0n) is 19.7. The quantitative estimate of drug-likeness (QED) is 0.347. The lowest BCUT2D eigenvalue weighted by atomic mass is 9.97. The van der Waals surface area contributed by atoms with E-state index in [9.17, 15) is 19.0 Å². The third-order valence-corrected chi connectivity index (χ3v) is 7.68. The van der Waals surface area contributed by atoms with Crippen LogP contribution < -0.4 is 5.32 Å². The van der Waals surface area contributed by atoms with Crippen molar-refractivity contribution in [1.82, 2.24) is 5.32 Å². The van der Waals surface area contributed by atoms with Gasteiger partial charge in [-0.2, -0.15) is 0 Å². The Morgan fingerprint density at radius 2 is 1.61 bits per heavy atom. The molecule has 0 saturated carbocycles. The largest absolute Gasteiger partial charge is 0.466 e. The molecule has 7 nitrogen and oxygen atoms in total. The van der Waals surface area contributed by atoms with Gasteiger partial charge in [0.15, 0.2) is 0 Å². The molecule has 2 rings (SSSR count). The van der Waals surface area contributed by atoms with Gasteiger partial charge in [-0.3, -0.25) is 9.36 Å². The number of carbonyl (C=O) groups excluding carboxylic acids is 2. The highest BCUT2D eigenvalue weighted by Crippen LogP contribution is 2.47. The van der Waals surface area contributed by atoms with Crippen LogP contribution in [0.1, 0.15) is 50.3 Å². The van der Waals surface area contributed by atoms with Crippen LogP contribution in [0.15, 0.2) is 54.6 Å². The molecule has 0 spiro atoms. The molecule has 2 N–H and O–H groups in total. The van der Waals surface area contributed by atoms with Crippen LogP contribution in [0, 0.1) is 5.92 Å². The van der Waals surface area contributed by atoms with Crippen LogP contribution in [0.3, 0.4) is 0 Å². The fourth-order valence-electron chi connectivity index (χ4n) is 3.32. The van der Waals surface area contributed by atoms with Crippen molar-refractivity contribution >= 4 is 19.4 Å². The van der Waals surface area contributed by atoms with E-state index in [2.05, 4.69) is 19.2 Å².